The van der Waals surface area contributed by atoms with E-state index in [1.165, 1.54) is 0 Å². The van der Waals surface area contributed by atoms with Gasteiger partial charge in [-0.05, 0) is 42.8 Å². The molecule has 0 saturated carbocycles. The fourth-order valence-electron chi connectivity index (χ4n) is 2.64. The van der Waals surface area contributed by atoms with Crippen molar-refractivity contribution in [2.45, 2.75) is 30.6 Å². The maximum absolute atomic E-state index is 12.8. The van der Waals surface area contributed by atoms with E-state index in [1.807, 2.05) is 0 Å². The van der Waals surface area contributed by atoms with E-state index in [2.05, 4.69) is 5.32 Å². The number of carbonyl (C=O) groups excluding carboxylic acids is 1. The summed E-state index contributed by atoms with van der Waals surface area (Å²) in [6, 6.07) is 6.83. The number of halogens is 6. The first-order valence-corrected chi connectivity index (χ1v) is 10.4. The van der Waals surface area contributed by atoms with Crippen LogP contribution in [0.2, 0.25) is 0 Å². The zero-order chi connectivity index (χ0) is 23.7. The Hall–Kier alpha value is -2.60. The van der Waals surface area contributed by atoms with Crippen molar-refractivity contribution in [3.05, 3.63) is 65.2 Å². The molecule has 0 fully saturated rings. The number of aliphatic hydroxyl groups is 1. The molecule has 2 rings (SSSR count). The number of sulfone groups is 1. The average molecular weight is 469 g/mol. The molecule has 0 aromatic heterocycles. The molecule has 170 valence electrons. The third-order valence-corrected chi connectivity index (χ3v) is 5.88. The number of hydrogen-bond donors (Lipinski definition) is 2. The van der Waals surface area contributed by atoms with E-state index < -0.39 is 56.3 Å². The normalized spacial score (nSPS) is 14.7. The van der Waals surface area contributed by atoms with Crippen molar-refractivity contribution in [2.24, 2.45) is 0 Å². The first-order valence-electron chi connectivity index (χ1n) is 8.57. The van der Waals surface area contributed by atoms with Gasteiger partial charge in [-0.15, -0.1) is 0 Å². The predicted octanol–water partition coefficient (Wildman–Crippen LogP) is 4.03. The summed E-state index contributed by atoms with van der Waals surface area (Å²) in [6.07, 6.45) is -9.27. The molecule has 0 radical (unpaired) electrons. The minimum Gasteiger partial charge on any atom is -0.379 e. The topological polar surface area (TPSA) is 83.5 Å². The maximum Gasteiger partial charge on any atom is 0.416 e. The molecule has 0 bridgehead atoms. The SMILES string of the molecule is C[C@](O)(CS(=O)(=O)Cc1cccc(C(F)(F)F)c1)C(=O)Nc1ccc(C(F)(F)F)cc1. The summed E-state index contributed by atoms with van der Waals surface area (Å²) in [5, 5.41) is 12.4. The minimum atomic E-state index is -4.67. The fraction of sp³-hybridized carbons (Fsp3) is 0.316. The van der Waals surface area contributed by atoms with Gasteiger partial charge in [-0.3, -0.25) is 4.79 Å². The molecule has 0 aliphatic heterocycles. The van der Waals surface area contributed by atoms with E-state index in [0.29, 0.717) is 18.2 Å². The van der Waals surface area contributed by atoms with Crippen molar-refractivity contribution >= 4 is 21.4 Å². The molecule has 2 aromatic rings. The number of hydrogen-bond acceptors (Lipinski definition) is 4. The first-order chi connectivity index (χ1) is 14.0. The largest absolute Gasteiger partial charge is 0.416 e. The quantitative estimate of drug-likeness (QED) is 0.626. The van der Waals surface area contributed by atoms with Gasteiger partial charge in [0.25, 0.3) is 5.91 Å². The van der Waals surface area contributed by atoms with Gasteiger partial charge >= 0.3 is 12.4 Å². The molecule has 5 nitrogen and oxygen atoms in total. The van der Waals surface area contributed by atoms with E-state index in [4.69, 9.17) is 0 Å². The highest BCUT2D eigenvalue weighted by Crippen LogP contribution is 2.31. The molecule has 2 N–H and O–H groups in total. The van der Waals surface area contributed by atoms with Gasteiger partial charge in [0.1, 0.15) is 0 Å². The lowest BCUT2D eigenvalue weighted by Crippen LogP contribution is -2.46. The Kier molecular flexibility index (Phi) is 6.76. The smallest absolute Gasteiger partial charge is 0.379 e. The van der Waals surface area contributed by atoms with E-state index in [1.54, 1.807) is 0 Å². The number of alkyl halides is 6. The molecule has 31 heavy (non-hydrogen) atoms. The lowest BCUT2D eigenvalue weighted by molar-refractivity contribution is -0.138. The number of amides is 1. The summed E-state index contributed by atoms with van der Waals surface area (Å²) in [5.74, 6) is -3.19. The van der Waals surface area contributed by atoms with Crippen LogP contribution in [0.15, 0.2) is 48.5 Å². The molecule has 1 amide bonds. The minimum absolute atomic E-state index is 0.117. The predicted molar refractivity (Wildman–Crippen MR) is 99.6 cm³/mol. The summed E-state index contributed by atoms with van der Waals surface area (Å²) in [5.41, 5.74) is -4.82. The van der Waals surface area contributed by atoms with Gasteiger partial charge in [-0.25, -0.2) is 8.42 Å². The Morgan fingerprint density at radius 2 is 1.48 bits per heavy atom. The Labute approximate surface area is 173 Å². The Morgan fingerprint density at radius 3 is 2.00 bits per heavy atom. The van der Waals surface area contributed by atoms with Crippen LogP contribution in [0.5, 0.6) is 0 Å². The summed E-state index contributed by atoms with van der Waals surface area (Å²) in [6.45, 7) is 0.871. The number of nitrogens with one attached hydrogen (secondary N) is 1. The molecule has 2 aromatic carbocycles. The molecule has 0 aliphatic carbocycles. The molecule has 0 heterocycles. The number of benzene rings is 2. The maximum atomic E-state index is 12.8. The molecule has 12 heteroatoms. The fourth-order valence-corrected chi connectivity index (χ4v) is 4.42. The number of anilines is 1. The molecule has 1 atom stereocenters. The average Bonchev–Trinajstić information content (AvgIpc) is 2.59. The van der Waals surface area contributed by atoms with Gasteiger partial charge < -0.3 is 10.4 Å². The van der Waals surface area contributed by atoms with E-state index in [9.17, 15) is 44.7 Å². The molecule has 0 unspecified atom stereocenters. The lowest BCUT2D eigenvalue weighted by Gasteiger charge is -2.22. The van der Waals surface area contributed by atoms with Crippen molar-refractivity contribution in [3.63, 3.8) is 0 Å². The van der Waals surface area contributed by atoms with Crippen molar-refractivity contribution in [3.8, 4) is 0 Å². The van der Waals surface area contributed by atoms with Crippen LogP contribution in [0.4, 0.5) is 32.0 Å². The lowest BCUT2D eigenvalue weighted by atomic mass is 10.1. The Balaban J connectivity index is 2.10. The third kappa shape index (κ3) is 6.96. The van der Waals surface area contributed by atoms with Gasteiger partial charge in [0.15, 0.2) is 15.4 Å². The summed E-state index contributed by atoms with van der Waals surface area (Å²) in [4.78, 5) is 12.2. The molecular formula is C19H17F6NO4S. The van der Waals surface area contributed by atoms with Crippen LogP contribution in [0.25, 0.3) is 0 Å². The van der Waals surface area contributed by atoms with Crippen LogP contribution < -0.4 is 5.32 Å². The molecule has 0 spiro atoms. The van der Waals surface area contributed by atoms with Gasteiger partial charge in [0, 0.05) is 5.69 Å². The van der Waals surface area contributed by atoms with Crippen LogP contribution >= 0.6 is 0 Å². The highest BCUT2D eigenvalue weighted by Gasteiger charge is 2.37. The second kappa shape index (κ2) is 8.50. The van der Waals surface area contributed by atoms with E-state index in [-0.39, 0.29) is 11.3 Å². The summed E-state index contributed by atoms with van der Waals surface area (Å²) in [7, 11) is -4.24. The van der Waals surface area contributed by atoms with Crippen LogP contribution in [0.3, 0.4) is 0 Å². The van der Waals surface area contributed by atoms with Crippen molar-refractivity contribution in [1.82, 2.24) is 0 Å². The Bertz CT molecular complexity index is 1040. The zero-order valence-electron chi connectivity index (χ0n) is 15.9. The van der Waals surface area contributed by atoms with Gasteiger partial charge in [0.2, 0.25) is 0 Å². The van der Waals surface area contributed by atoms with Crippen LogP contribution in [-0.4, -0.2) is 30.8 Å². The van der Waals surface area contributed by atoms with E-state index >= 15 is 0 Å². The van der Waals surface area contributed by atoms with Gasteiger partial charge in [-0.1, -0.05) is 18.2 Å². The van der Waals surface area contributed by atoms with Crippen LogP contribution in [0, 0.1) is 0 Å². The monoisotopic (exact) mass is 469 g/mol. The van der Waals surface area contributed by atoms with Crippen LogP contribution in [0.1, 0.15) is 23.6 Å². The second-order valence-electron chi connectivity index (χ2n) is 7.03. The van der Waals surface area contributed by atoms with Gasteiger partial charge in [0.05, 0.1) is 22.6 Å². The second-order valence-corrected chi connectivity index (χ2v) is 9.10. The molecule has 0 aliphatic rings. The number of carbonyl (C=O) groups is 1. The summed E-state index contributed by atoms with van der Waals surface area (Å²) >= 11 is 0. The van der Waals surface area contributed by atoms with Crippen molar-refractivity contribution < 1.29 is 44.7 Å². The summed E-state index contributed by atoms with van der Waals surface area (Å²) < 4.78 is 101. The zero-order valence-corrected chi connectivity index (χ0v) is 16.7. The molecular weight excluding hydrogens is 452 g/mol. The molecule has 0 saturated heterocycles. The van der Waals surface area contributed by atoms with Gasteiger partial charge in [-0.2, -0.15) is 26.3 Å². The highest BCUT2D eigenvalue weighted by atomic mass is 32.2. The standard InChI is InChI=1S/C19H17F6NO4S/c1-17(28,16(27)26-15-7-5-13(6-8-15)18(20,21)22)11-31(29,30)10-12-3-2-4-14(9-12)19(23,24)25/h2-9,28H,10-11H2,1H3,(H,26,27)/t17-/m0/s1. The highest BCUT2D eigenvalue weighted by molar-refractivity contribution is 7.90. The van der Waals surface area contributed by atoms with Crippen LogP contribution in [-0.2, 0) is 32.7 Å². The third-order valence-electron chi connectivity index (χ3n) is 4.10. The van der Waals surface area contributed by atoms with Crippen molar-refractivity contribution in [2.75, 3.05) is 11.1 Å². The first kappa shape index (κ1) is 24.7. The van der Waals surface area contributed by atoms with E-state index in [0.717, 1.165) is 37.3 Å². The Morgan fingerprint density at radius 1 is 0.935 bits per heavy atom. The van der Waals surface area contributed by atoms with Crippen molar-refractivity contribution in [1.29, 1.82) is 0 Å². The number of rotatable bonds is 6.